The molecular weight excluding hydrogens is 330 g/mol. The summed E-state index contributed by atoms with van der Waals surface area (Å²) in [6, 6.07) is 16.3. The number of nitrogens with zero attached hydrogens (tertiary/aromatic N) is 1. The maximum Gasteiger partial charge on any atom is 0.0726 e. The van der Waals surface area contributed by atoms with Crippen LogP contribution in [0.5, 0.6) is 0 Å². The Balaban J connectivity index is 1.64. The van der Waals surface area contributed by atoms with Gasteiger partial charge in [-0.1, -0.05) is 63.2 Å². The Labute approximate surface area is 163 Å². The number of rotatable bonds is 0. The molecule has 2 aromatic rings. The van der Waals surface area contributed by atoms with Gasteiger partial charge in [-0.3, -0.25) is 4.90 Å². The smallest absolute Gasteiger partial charge is 0.0726 e. The Morgan fingerprint density at radius 2 is 1.67 bits per heavy atom. The van der Waals surface area contributed by atoms with E-state index in [1.165, 1.54) is 22.3 Å². The number of aryl methyl sites for hydroxylation is 2. The predicted octanol–water partition coefficient (Wildman–Crippen LogP) is 4.84. The van der Waals surface area contributed by atoms with Gasteiger partial charge in [0.25, 0.3) is 0 Å². The van der Waals surface area contributed by atoms with Gasteiger partial charge in [0.1, 0.15) is 0 Å². The summed E-state index contributed by atoms with van der Waals surface area (Å²) in [6.45, 7) is 8.65. The molecule has 2 aliphatic heterocycles. The largest absolute Gasteiger partial charge is 0.389 e. The average molecular weight is 362 g/mol. The summed E-state index contributed by atoms with van der Waals surface area (Å²) in [4.78, 5) is 2.65. The Kier molecular flexibility index (Phi) is 3.83. The maximum atomic E-state index is 11.5. The molecule has 142 valence electrons. The number of benzene rings is 2. The summed E-state index contributed by atoms with van der Waals surface area (Å²) < 4.78 is 0. The van der Waals surface area contributed by atoms with Gasteiger partial charge in [-0.05, 0) is 58.9 Å². The molecule has 0 spiro atoms. The highest BCUT2D eigenvalue weighted by atomic mass is 16.3. The van der Waals surface area contributed by atoms with Crippen LogP contribution in [0.2, 0.25) is 0 Å². The van der Waals surface area contributed by atoms with Gasteiger partial charge in [0.05, 0.1) is 5.60 Å². The van der Waals surface area contributed by atoms with Crippen LogP contribution in [0.3, 0.4) is 0 Å². The molecule has 1 fully saturated rings. The first-order chi connectivity index (χ1) is 12.9. The van der Waals surface area contributed by atoms with E-state index in [0.717, 1.165) is 38.8 Å². The van der Waals surface area contributed by atoms with Crippen LogP contribution in [0, 0.1) is 5.41 Å². The van der Waals surface area contributed by atoms with Crippen LogP contribution < -0.4 is 0 Å². The minimum Gasteiger partial charge on any atom is -0.389 e. The Hall–Kier alpha value is -1.64. The van der Waals surface area contributed by atoms with Crippen molar-refractivity contribution in [1.82, 2.24) is 4.90 Å². The molecule has 0 radical (unpaired) electrons. The van der Waals surface area contributed by atoms with Crippen molar-refractivity contribution in [2.75, 3.05) is 13.1 Å². The fraction of sp³-hybridized carbons (Fsp3) is 0.520. The van der Waals surface area contributed by atoms with Gasteiger partial charge in [0, 0.05) is 25.0 Å². The third kappa shape index (κ3) is 2.61. The second-order valence-corrected chi connectivity index (χ2v) is 9.92. The van der Waals surface area contributed by atoms with Gasteiger partial charge in [-0.2, -0.15) is 0 Å². The van der Waals surface area contributed by atoms with Gasteiger partial charge >= 0.3 is 0 Å². The summed E-state index contributed by atoms with van der Waals surface area (Å²) in [7, 11) is 0. The number of fused-ring (bicyclic) bond motifs is 4. The van der Waals surface area contributed by atoms with Crippen LogP contribution in [0.15, 0.2) is 42.5 Å². The lowest BCUT2D eigenvalue weighted by Gasteiger charge is -2.53. The predicted molar refractivity (Wildman–Crippen MR) is 110 cm³/mol. The zero-order valence-corrected chi connectivity index (χ0v) is 16.8. The monoisotopic (exact) mass is 361 g/mol. The Morgan fingerprint density at radius 3 is 2.48 bits per heavy atom. The summed E-state index contributed by atoms with van der Waals surface area (Å²) in [5.41, 5.74) is 6.94. The second-order valence-electron chi connectivity index (χ2n) is 9.92. The van der Waals surface area contributed by atoms with Gasteiger partial charge < -0.3 is 5.11 Å². The minimum atomic E-state index is -0.591. The van der Waals surface area contributed by atoms with Crippen molar-refractivity contribution in [1.29, 1.82) is 0 Å². The van der Waals surface area contributed by atoms with Gasteiger partial charge in [0.2, 0.25) is 0 Å². The first kappa shape index (κ1) is 17.5. The van der Waals surface area contributed by atoms with E-state index in [1.807, 2.05) is 0 Å². The van der Waals surface area contributed by atoms with Crippen LogP contribution in [-0.2, 0) is 12.8 Å². The van der Waals surface area contributed by atoms with Crippen molar-refractivity contribution in [3.8, 4) is 0 Å². The van der Waals surface area contributed by atoms with Crippen LogP contribution in [0.1, 0.15) is 73.4 Å². The lowest BCUT2D eigenvalue weighted by Crippen LogP contribution is -2.55. The Bertz CT molecular complexity index is 880. The van der Waals surface area contributed by atoms with Crippen LogP contribution >= 0.6 is 0 Å². The van der Waals surface area contributed by atoms with Crippen LogP contribution in [-0.4, -0.2) is 28.7 Å². The van der Waals surface area contributed by atoms with Crippen molar-refractivity contribution < 1.29 is 5.11 Å². The fourth-order valence-electron chi connectivity index (χ4n) is 5.76. The molecule has 2 nitrogen and oxygen atoms in total. The summed E-state index contributed by atoms with van der Waals surface area (Å²) in [5, 5.41) is 11.5. The van der Waals surface area contributed by atoms with E-state index < -0.39 is 5.60 Å². The first-order valence-electron chi connectivity index (χ1n) is 10.5. The normalized spacial score (nSPS) is 30.1. The van der Waals surface area contributed by atoms with Crippen molar-refractivity contribution in [2.24, 2.45) is 5.41 Å². The standard InChI is InChI=1S/C25H31NO/c1-24(2,3)25(27)13-14-26-16-21-19-9-5-4-7-17(19)11-12-18-8-6-10-20(23(18)21)22(26)15-25/h4-10,21-22,27H,11-16H2,1-3H3/t21?,22-,25-/m0/s1. The van der Waals surface area contributed by atoms with Crippen LogP contribution in [0.25, 0.3) is 0 Å². The van der Waals surface area contributed by atoms with E-state index in [1.54, 1.807) is 5.56 Å². The lowest BCUT2D eigenvalue weighted by atomic mass is 9.66. The molecule has 1 unspecified atom stereocenters. The molecule has 1 saturated heterocycles. The summed E-state index contributed by atoms with van der Waals surface area (Å²) >= 11 is 0. The van der Waals surface area contributed by atoms with E-state index in [9.17, 15) is 5.11 Å². The molecule has 1 N–H and O–H groups in total. The van der Waals surface area contributed by atoms with Crippen molar-refractivity contribution in [3.63, 3.8) is 0 Å². The molecule has 0 amide bonds. The van der Waals surface area contributed by atoms with Crippen molar-refractivity contribution >= 4 is 0 Å². The van der Waals surface area contributed by atoms with E-state index in [0.29, 0.717) is 12.0 Å². The molecule has 3 aliphatic rings. The topological polar surface area (TPSA) is 23.5 Å². The number of piperidine rings is 1. The highest BCUT2D eigenvalue weighted by Crippen LogP contribution is 2.51. The van der Waals surface area contributed by atoms with Crippen molar-refractivity contribution in [3.05, 3.63) is 70.3 Å². The first-order valence-corrected chi connectivity index (χ1v) is 10.5. The number of hydrogen-bond donors (Lipinski definition) is 1. The van der Waals surface area contributed by atoms with E-state index in [4.69, 9.17) is 0 Å². The molecule has 1 aliphatic carbocycles. The SMILES string of the molecule is CC(C)(C)[C@]1(O)CCN2CC3c4ccccc4CCc4cccc(c43)[C@@H]2C1. The average Bonchev–Trinajstić information content (AvgIpc) is 2.80. The van der Waals surface area contributed by atoms with Crippen molar-refractivity contribution in [2.45, 2.75) is 64.0 Å². The number of hydrogen-bond acceptors (Lipinski definition) is 2. The molecule has 2 heterocycles. The van der Waals surface area contributed by atoms with E-state index in [-0.39, 0.29) is 5.41 Å². The molecule has 0 bridgehead atoms. The summed E-state index contributed by atoms with van der Waals surface area (Å²) in [6.07, 6.45) is 3.99. The maximum absolute atomic E-state index is 11.5. The van der Waals surface area contributed by atoms with E-state index >= 15 is 0 Å². The molecule has 0 saturated carbocycles. The molecule has 27 heavy (non-hydrogen) atoms. The number of aliphatic hydroxyl groups is 1. The zero-order valence-electron chi connectivity index (χ0n) is 16.8. The molecule has 2 aromatic carbocycles. The van der Waals surface area contributed by atoms with Gasteiger partial charge in [-0.15, -0.1) is 0 Å². The quantitative estimate of drug-likeness (QED) is 0.725. The lowest BCUT2D eigenvalue weighted by molar-refractivity contribution is -0.119. The highest BCUT2D eigenvalue weighted by molar-refractivity contribution is 5.51. The van der Waals surface area contributed by atoms with Gasteiger partial charge in [-0.25, -0.2) is 0 Å². The molecular formula is C25H31NO. The molecule has 0 aromatic heterocycles. The summed E-state index contributed by atoms with van der Waals surface area (Å²) in [5.74, 6) is 0.479. The second kappa shape index (κ2) is 5.93. The highest BCUT2D eigenvalue weighted by Gasteiger charge is 2.49. The minimum absolute atomic E-state index is 0.0890. The molecule has 5 rings (SSSR count). The fourth-order valence-corrected chi connectivity index (χ4v) is 5.76. The molecule has 3 atom stereocenters. The van der Waals surface area contributed by atoms with Gasteiger partial charge in [0.15, 0.2) is 0 Å². The zero-order chi connectivity index (χ0) is 18.8. The molecule has 2 heteroatoms. The van der Waals surface area contributed by atoms with E-state index in [2.05, 4.69) is 68.1 Å². The third-order valence-corrected chi connectivity index (χ3v) is 7.63. The third-order valence-electron chi connectivity index (χ3n) is 7.63. The van der Waals surface area contributed by atoms with Crippen LogP contribution in [0.4, 0.5) is 0 Å². The Morgan fingerprint density at radius 1 is 0.963 bits per heavy atom.